The molecule has 9 nitrogen and oxygen atoms in total. The number of rotatable bonds is 8. The van der Waals surface area contributed by atoms with Crippen molar-refractivity contribution in [2.24, 2.45) is 0 Å². The molecule has 1 aromatic heterocycles. The number of hydrogen-bond donors (Lipinski definition) is 1. The van der Waals surface area contributed by atoms with Crippen LogP contribution < -0.4 is 14.2 Å². The van der Waals surface area contributed by atoms with E-state index in [4.69, 9.17) is 21.1 Å². The van der Waals surface area contributed by atoms with Crippen molar-refractivity contribution >= 4 is 27.3 Å². The van der Waals surface area contributed by atoms with E-state index in [2.05, 4.69) is 9.71 Å². The highest BCUT2D eigenvalue weighted by Crippen LogP contribution is 2.32. The van der Waals surface area contributed by atoms with Gasteiger partial charge in [-0.25, -0.2) is 13.1 Å². The fraction of sp³-hybridized carbons (Fsp3) is 0.150. The van der Waals surface area contributed by atoms with Gasteiger partial charge in [0.05, 0.1) is 29.1 Å². The van der Waals surface area contributed by atoms with Gasteiger partial charge in [-0.05, 0) is 18.2 Å². The van der Waals surface area contributed by atoms with Gasteiger partial charge in [0.2, 0.25) is 10.0 Å². The summed E-state index contributed by atoms with van der Waals surface area (Å²) in [6, 6.07) is 10.1. The molecule has 2 aromatic carbocycles. The van der Waals surface area contributed by atoms with Crippen LogP contribution in [0.3, 0.4) is 0 Å². The first-order valence-corrected chi connectivity index (χ1v) is 10.7. The second-order valence-corrected chi connectivity index (χ2v) is 8.50. The Bertz CT molecular complexity index is 1230. The summed E-state index contributed by atoms with van der Waals surface area (Å²) in [5.41, 5.74) is 0.837. The second kappa shape index (κ2) is 9.29. The molecule has 0 fully saturated rings. The van der Waals surface area contributed by atoms with Gasteiger partial charge < -0.3 is 9.47 Å². The Balaban J connectivity index is 2.01. The summed E-state index contributed by atoms with van der Waals surface area (Å²) >= 11 is 5.98. The van der Waals surface area contributed by atoms with Crippen molar-refractivity contribution in [2.75, 3.05) is 14.2 Å². The van der Waals surface area contributed by atoms with Crippen molar-refractivity contribution in [3.63, 3.8) is 0 Å². The Morgan fingerprint density at radius 3 is 2.52 bits per heavy atom. The predicted octanol–water partition coefficient (Wildman–Crippen LogP) is 3.81. The lowest BCUT2D eigenvalue weighted by Crippen LogP contribution is -2.24. The van der Waals surface area contributed by atoms with Crippen molar-refractivity contribution in [3.05, 3.63) is 75.6 Å². The number of benzene rings is 2. The molecule has 31 heavy (non-hydrogen) atoms. The summed E-state index contributed by atoms with van der Waals surface area (Å²) in [7, 11) is -1.20. The van der Waals surface area contributed by atoms with Crippen LogP contribution in [0.4, 0.5) is 5.69 Å². The molecule has 0 saturated carbocycles. The lowest BCUT2D eigenvalue weighted by Gasteiger charge is -2.14. The molecule has 3 rings (SSSR count). The van der Waals surface area contributed by atoms with E-state index in [-0.39, 0.29) is 22.7 Å². The summed E-state index contributed by atoms with van der Waals surface area (Å²) in [5, 5.41) is 11.5. The number of halogens is 1. The van der Waals surface area contributed by atoms with Crippen molar-refractivity contribution < 1.29 is 22.8 Å². The van der Waals surface area contributed by atoms with Gasteiger partial charge >= 0.3 is 0 Å². The topological polar surface area (TPSA) is 121 Å². The average molecular weight is 464 g/mol. The summed E-state index contributed by atoms with van der Waals surface area (Å²) < 4.78 is 39.2. The maximum absolute atomic E-state index is 13.1. The number of nitro groups is 1. The van der Waals surface area contributed by atoms with E-state index < -0.39 is 14.9 Å². The molecule has 1 heterocycles. The lowest BCUT2D eigenvalue weighted by molar-refractivity contribution is -0.385. The monoisotopic (exact) mass is 463 g/mol. The smallest absolute Gasteiger partial charge is 0.270 e. The number of aromatic nitrogens is 1. The summed E-state index contributed by atoms with van der Waals surface area (Å²) in [4.78, 5) is 14.3. The largest absolute Gasteiger partial charge is 0.497 e. The van der Waals surface area contributed by atoms with Crippen molar-refractivity contribution in [2.45, 2.75) is 11.4 Å². The Labute approximate surface area is 183 Å². The third-order valence-corrected chi connectivity index (χ3v) is 6.08. The molecule has 0 bridgehead atoms. The number of sulfonamides is 1. The van der Waals surface area contributed by atoms with E-state index >= 15 is 0 Å². The van der Waals surface area contributed by atoms with Gasteiger partial charge in [0.1, 0.15) is 11.5 Å². The van der Waals surface area contributed by atoms with Gasteiger partial charge in [-0.1, -0.05) is 17.7 Å². The fourth-order valence-corrected chi connectivity index (χ4v) is 4.32. The van der Waals surface area contributed by atoms with Gasteiger partial charge in [-0.3, -0.25) is 15.1 Å². The molecule has 0 radical (unpaired) electrons. The normalized spacial score (nSPS) is 11.2. The summed E-state index contributed by atoms with van der Waals surface area (Å²) in [6.45, 7) is -0.106. The minimum absolute atomic E-state index is 0.106. The van der Waals surface area contributed by atoms with E-state index in [0.717, 1.165) is 6.07 Å². The first kappa shape index (κ1) is 22.5. The highest BCUT2D eigenvalue weighted by atomic mass is 35.5. The zero-order valence-electron chi connectivity index (χ0n) is 16.5. The molecule has 0 saturated heterocycles. The van der Waals surface area contributed by atoms with Crippen LogP contribution in [0.25, 0.3) is 11.1 Å². The average Bonchev–Trinajstić information content (AvgIpc) is 2.77. The molecule has 0 amide bonds. The first-order chi connectivity index (χ1) is 14.7. The zero-order valence-corrected chi connectivity index (χ0v) is 18.1. The fourth-order valence-electron chi connectivity index (χ4n) is 2.89. The Kier molecular flexibility index (Phi) is 6.74. The first-order valence-electron chi connectivity index (χ1n) is 8.85. The Morgan fingerprint density at radius 2 is 1.87 bits per heavy atom. The second-order valence-electron chi connectivity index (χ2n) is 6.33. The van der Waals surface area contributed by atoms with Crippen LogP contribution in [0.2, 0.25) is 5.02 Å². The molecule has 0 aliphatic carbocycles. The van der Waals surface area contributed by atoms with Crippen LogP contribution in [0, 0.1) is 10.1 Å². The van der Waals surface area contributed by atoms with Crippen LogP contribution in [-0.2, 0) is 16.6 Å². The number of nitrogens with zero attached hydrogens (tertiary/aromatic N) is 2. The van der Waals surface area contributed by atoms with Gasteiger partial charge in [0, 0.05) is 53.8 Å². The molecular weight excluding hydrogens is 446 g/mol. The third-order valence-electron chi connectivity index (χ3n) is 4.43. The van der Waals surface area contributed by atoms with E-state index in [9.17, 15) is 18.5 Å². The molecule has 11 heteroatoms. The molecule has 162 valence electrons. The van der Waals surface area contributed by atoms with Crippen LogP contribution in [0.1, 0.15) is 5.56 Å². The maximum atomic E-state index is 13.1. The number of methoxy groups -OCH3 is 2. The quantitative estimate of drug-likeness (QED) is 0.398. The molecule has 0 atom stereocenters. The highest BCUT2D eigenvalue weighted by molar-refractivity contribution is 7.89. The maximum Gasteiger partial charge on any atom is 0.270 e. The number of non-ortho nitro benzene ring substituents is 1. The molecular formula is C20H18ClN3O6S. The molecule has 0 aliphatic rings. The van der Waals surface area contributed by atoms with Crippen LogP contribution in [0.5, 0.6) is 11.5 Å². The van der Waals surface area contributed by atoms with Gasteiger partial charge in [0.15, 0.2) is 0 Å². The lowest BCUT2D eigenvalue weighted by atomic mass is 10.1. The number of hydrogen-bond acceptors (Lipinski definition) is 7. The molecule has 1 N–H and O–H groups in total. The molecule has 0 spiro atoms. The minimum atomic E-state index is -4.16. The standard InChI is InChI=1S/C20H18ClN3O6S/c1-29-17-5-3-13(19(9-17)30-2)11-23-31(27,28)20-8-16(24(25)26)4-6-18(20)14-7-15(21)12-22-10-14/h3-10,12,23H,11H2,1-2H3. The van der Waals surface area contributed by atoms with Crippen molar-refractivity contribution in [1.29, 1.82) is 0 Å². The van der Waals surface area contributed by atoms with E-state index in [1.54, 1.807) is 18.2 Å². The number of nitro benzene ring substituents is 1. The van der Waals surface area contributed by atoms with Gasteiger partial charge in [0.25, 0.3) is 5.69 Å². The number of nitrogens with one attached hydrogen (secondary N) is 1. The number of pyridine rings is 1. The van der Waals surface area contributed by atoms with Crippen molar-refractivity contribution in [1.82, 2.24) is 9.71 Å². The molecule has 0 aliphatic heterocycles. The SMILES string of the molecule is COc1ccc(CNS(=O)(=O)c2cc([N+](=O)[O-])ccc2-c2cncc(Cl)c2)c(OC)c1. The zero-order chi connectivity index (χ0) is 22.6. The van der Waals surface area contributed by atoms with Crippen LogP contribution in [-0.4, -0.2) is 32.5 Å². The highest BCUT2D eigenvalue weighted by Gasteiger charge is 2.24. The van der Waals surface area contributed by atoms with E-state index in [0.29, 0.717) is 27.6 Å². The Morgan fingerprint density at radius 1 is 1.10 bits per heavy atom. The van der Waals surface area contributed by atoms with E-state index in [1.165, 1.54) is 44.8 Å². The van der Waals surface area contributed by atoms with Gasteiger partial charge in [-0.15, -0.1) is 0 Å². The number of ether oxygens (including phenoxy) is 2. The summed E-state index contributed by atoms with van der Waals surface area (Å²) in [5.74, 6) is 0.984. The predicted molar refractivity (Wildman–Crippen MR) is 115 cm³/mol. The van der Waals surface area contributed by atoms with Crippen molar-refractivity contribution in [3.8, 4) is 22.6 Å². The van der Waals surface area contributed by atoms with E-state index in [1.807, 2.05) is 0 Å². The van der Waals surface area contributed by atoms with Gasteiger partial charge in [-0.2, -0.15) is 0 Å². The summed E-state index contributed by atoms with van der Waals surface area (Å²) in [6.07, 6.45) is 2.83. The molecule has 0 unspecified atom stereocenters. The minimum Gasteiger partial charge on any atom is -0.497 e. The third kappa shape index (κ3) is 5.10. The van der Waals surface area contributed by atoms with Crippen LogP contribution >= 0.6 is 11.6 Å². The van der Waals surface area contributed by atoms with Crippen LogP contribution in [0.15, 0.2) is 59.8 Å². The Hall–Kier alpha value is -3.21. The molecule has 3 aromatic rings.